The van der Waals surface area contributed by atoms with Gasteiger partial charge in [-0.05, 0) is 74.6 Å². The van der Waals surface area contributed by atoms with Crippen LogP contribution in [0.5, 0.6) is 0 Å². The van der Waals surface area contributed by atoms with Crippen molar-refractivity contribution in [1.82, 2.24) is 9.80 Å². The van der Waals surface area contributed by atoms with Crippen LogP contribution in [0.1, 0.15) is 50.2 Å². The molecule has 3 atom stereocenters. The number of rotatable bonds is 5. The van der Waals surface area contributed by atoms with Gasteiger partial charge in [0.2, 0.25) is 5.91 Å². The SMILES string of the molecule is C[C@@H]1CCCN1CCc1ccc(C2=CC[C@@H]3CN(C(=O)C4CC4)C[C@H]23)cc1. The summed E-state index contributed by atoms with van der Waals surface area (Å²) in [5.74, 6) is 1.99. The van der Waals surface area contributed by atoms with Crippen LogP contribution in [0, 0.1) is 17.8 Å². The molecule has 2 aliphatic carbocycles. The van der Waals surface area contributed by atoms with Crippen LogP contribution in [0.25, 0.3) is 5.57 Å². The summed E-state index contributed by atoms with van der Waals surface area (Å²) in [5.41, 5.74) is 4.32. The number of benzene rings is 1. The summed E-state index contributed by atoms with van der Waals surface area (Å²) in [5, 5.41) is 0. The zero-order chi connectivity index (χ0) is 18.4. The second-order valence-corrected chi connectivity index (χ2v) is 9.25. The second kappa shape index (κ2) is 7.09. The standard InChI is InChI=1S/C24H32N2O/c1-17-3-2-13-25(17)14-12-18-4-6-19(7-5-18)22-11-10-21-15-26(16-23(21)22)24(27)20-8-9-20/h4-7,11,17,20-21,23H,2-3,8-10,12-16H2,1H3/t17-,21-,23+/m1/s1. The lowest BCUT2D eigenvalue weighted by Crippen LogP contribution is -2.30. The molecule has 1 amide bonds. The number of likely N-dealkylation sites (tertiary alicyclic amines) is 2. The molecule has 3 nitrogen and oxygen atoms in total. The topological polar surface area (TPSA) is 23.6 Å². The molecule has 0 radical (unpaired) electrons. The van der Waals surface area contributed by atoms with Gasteiger partial charge in [-0.15, -0.1) is 0 Å². The van der Waals surface area contributed by atoms with E-state index in [1.165, 1.54) is 42.6 Å². The Kier molecular flexibility index (Phi) is 4.59. The van der Waals surface area contributed by atoms with Crippen LogP contribution in [0.4, 0.5) is 0 Å². The highest BCUT2D eigenvalue weighted by molar-refractivity contribution is 5.82. The summed E-state index contributed by atoms with van der Waals surface area (Å²) >= 11 is 0. The molecule has 1 aromatic carbocycles. The first-order valence-corrected chi connectivity index (χ1v) is 11.0. The van der Waals surface area contributed by atoms with Gasteiger partial charge in [-0.25, -0.2) is 0 Å². The van der Waals surface area contributed by atoms with Crippen LogP contribution in [0.15, 0.2) is 30.3 Å². The molecule has 144 valence electrons. The highest BCUT2D eigenvalue weighted by atomic mass is 16.2. The number of carbonyl (C=O) groups excluding carboxylic acids is 1. The molecule has 3 fully saturated rings. The largest absolute Gasteiger partial charge is 0.342 e. The summed E-state index contributed by atoms with van der Waals surface area (Å²) in [6.07, 6.45) is 9.68. The molecule has 2 saturated heterocycles. The predicted octanol–water partition coefficient (Wildman–Crippen LogP) is 3.99. The average Bonchev–Trinajstić information content (AvgIpc) is 3.13. The van der Waals surface area contributed by atoms with E-state index in [2.05, 4.69) is 47.1 Å². The van der Waals surface area contributed by atoms with Crippen molar-refractivity contribution < 1.29 is 4.79 Å². The molecular weight excluding hydrogens is 332 g/mol. The normalized spacial score (nSPS) is 30.6. The van der Waals surface area contributed by atoms with Crippen molar-refractivity contribution in [2.24, 2.45) is 17.8 Å². The van der Waals surface area contributed by atoms with Gasteiger partial charge in [0.15, 0.2) is 0 Å². The van der Waals surface area contributed by atoms with Crippen molar-refractivity contribution >= 4 is 11.5 Å². The minimum absolute atomic E-state index is 0.355. The molecule has 0 unspecified atom stereocenters. The molecule has 2 aliphatic heterocycles. The smallest absolute Gasteiger partial charge is 0.225 e. The number of carbonyl (C=O) groups is 1. The van der Waals surface area contributed by atoms with Gasteiger partial charge in [0.25, 0.3) is 0 Å². The van der Waals surface area contributed by atoms with Crippen molar-refractivity contribution in [1.29, 1.82) is 0 Å². The van der Waals surface area contributed by atoms with Crippen LogP contribution in [0.3, 0.4) is 0 Å². The number of amides is 1. The Labute approximate surface area is 163 Å². The molecule has 0 bridgehead atoms. The Bertz CT molecular complexity index is 733. The molecule has 0 spiro atoms. The van der Waals surface area contributed by atoms with Crippen molar-refractivity contribution in [3.05, 3.63) is 41.5 Å². The van der Waals surface area contributed by atoms with Crippen molar-refractivity contribution in [3.63, 3.8) is 0 Å². The van der Waals surface area contributed by atoms with E-state index in [1.807, 2.05) is 0 Å². The van der Waals surface area contributed by atoms with Gasteiger partial charge in [0.1, 0.15) is 0 Å². The summed E-state index contributed by atoms with van der Waals surface area (Å²) < 4.78 is 0. The first kappa shape index (κ1) is 17.5. The minimum Gasteiger partial charge on any atom is -0.342 e. The third-order valence-electron chi connectivity index (χ3n) is 7.38. The van der Waals surface area contributed by atoms with Gasteiger partial charge >= 0.3 is 0 Å². The predicted molar refractivity (Wildman–Crippen MR) is 109 cm³/mol. The molecule has 5 rings (SSSR count). The van der Waals surface area contributed by atoms with E-state index in [9.17, 15) is 4.79 Å². The third kappa shape index (κ3) is 3.47. The third-order valence-corrected chi connectivity index (χ3v) is 7.38. The Hall–Kier alpha value is -1.61. The molecule has 4 aliphatic rings. The van der Waals surface area contributed by atoms with Gasteiger partial charge in [0.05, 0.1) is 0 Å². The fraction of sp³-hybridized carbons (Fsp3) is 0.625. The maximum atomic E-state index is 12.4. The number of fused-ring (bicyclic) bond motifs is 1. The highest BCUT2D eigenvalue weighted by Crippen LogP contribution is 2.44. The summed E-state index contributed by atoms with van der Waals surface area (Å²) in [6, 6.07) is 10.1. The fourth-order valence-corrected chi connectivity index (χ4v) is 5.45. The molecule has 3 heteroatoms. The maximum Gasteiger partial charge on any atom is 0.225 e. The van der Waals surface area contributed by atoms with E-state index in [-0.39, 0.29) is 0 Å². The van der Waals surface area contributed by atoms with Gasteiger partial charge in [0, 0.05) is 37.5 Å². The Morgan fingerprint density at radius 1 is 1.11 bits per heavy atom. The van der Waals surface area contributed by atoms with Crippen LogP contribution < -0.4 is 0 Å². The molecule has 0 aromatic heterocycles. The molecule has 2 heterocycles. The van der Waals surface area contributed by atoms with E-state index in [0.717, 1.165) is 44.8 Å². The Morgan fingerprint density at radius 2 is 1.93 bits per heavy atom. The number of hydrogen-bond donors (Lipinski definition) is 0. The number of allylic oxidation sites excluding steroid dienone is 1. The summed E-state index contributed by atoms with van der Waals surface area (Å²) in [6.45, 7) is 6.74. The van der Waals surface area contributed by atoms with E-state index in [4.69, 9.17) is 0 Å². The lowest BCUT2D eigenvalue weighted by atomic mass is 9.90. The van der Waals surface area contributed by atoms with Gasteiger partial charge in [-0.2, -0.15) is 0 Å². The first-order chi connectivity index (χ1) is 13.2. The molecule has 1 saturated carbocycles. The van der Waals surface area contributed by atoms with Gasteiger partial charge in [-0.1, -0.05) is 30.3 Å². The zero-order valence-corrected chi connectivity index (χ0v) is 16.6. The second-order valence-electron chi connectivity index (χ2n) is 9.25. The van der Waals surface area contributed by atoms with Gasteiger partial charge < -0.3 is 9.80 Å². The van der Waals surface area contributed by atoms with E-state index < -0.39 is 0 Å². The van der Waals surface area contributed by atoms with Crippen LogP contribution >= 0.6 is 0 Å². The summed E-state index contributed by atoms with van der Waals surface area (Å²) in [4.78, 5) is 17.2. The average molecular weight is 365 g/mol. The Balaban J connectivity index is 1.21. The lowest BCUT2D eigenvalue weighted by molar-refractivity contribution is -0.131. The van der Waals surface area contributed by atoms with Crippen molar-refractivity contribution in [2.75, 3.05) is 26.2 Å². The van der Waals surface area contributed by atoms with Crippen LogP contribution in [-0.4, -0.2) is 47.9 Å². The molecule has 1 aromatic rings. The molecule has 27 heavy (non-hydrogen) atoms. The zero-order valence-electron chi connectivity index (χ0n) is 16.6. The quantitative estimate of drug-likeness (QED) is 0.789. The molecular formula is C24H32N2O. The maximum absolute atomic E-state index is 12.4. The van der Waals surface area contributed by atoms with Crippen LogP contribution in [0.2, 0.25) is 0 Å². The number of hydrogen-bond acceptors (Lipinski definition) is 2. The number of nitrogens with zero attached hydrogens (tertiary/aromatic N) is 2. The Morgan fingerprint density at radius 3 is 2.63 bits per heavy atom. The van der Waals surface area contributed by atoms with Crippen molar-refractivity contribution in [2.45, 2.75) is 51.5 Å². The van der Waals surface area contributed by atoms with Gasteiger partial charge in [-0.3, -0.25) is 4.79 Å². The highest BCUT2D eigenvalue weighted by Gasteiger charge is 2.43. The van der Waals surface area contributed by atoms with Crippen LogP contribution in [-0.2, 0) is 11.2 Å². The monoisotopic (exact) mass is 364 g/mol. The van der Waals surface area contributed by atoms with E-state index in [0.29, 0.717) is 23.7 Å². The first-order valence-electron chi connectivity index (χ1n) is 11.0. The summed E-state index contributed by atoms with van der Waals surface area (Å²) in [7, 11) is 0. The minimum atomic E-state index is 0.355. The fourth-order valence-electron chi connectivity index (χ4n) is 5.45. The van der Waals surface area contributed by atoms with E-state index >= 15 is 0 Å². The lowest BCUT2D eigenvalue weighted by Gasteiger charge is -2.21. The van der Waals surface area contributed by atoms with Crippen molar-refractivity contribution in [3.8, 4) is 0 Å². The van der Waals surface area contributed by atoms with E-state index in [1.54, 1.807) is 0 Å². The molecule has 0 N–H and O–H groups in total.